The molecule has 0 aliphatic rings. The fourth-order valence-electron chi connectivity index (χ4n) is 0. The molecular weight excluding hydrogens is 44.4 g/mol. The molecule has 0 amide bonds. The van der Waals surface area contributed by atoms with Crippen molar-refractivity contribution in [3.05, 3.63) is 0 Å². The van der Waals surface area contributed by atoms with Crippen LogP contribution in [-0.4, -0.2) is 22.0 Å². The summed E-state index contributed by atoms with van der Waals surface area (Å²) >= 11 is 0. The fraction of sp³-hybridized carbons (Fsp3) is 1.00. The molecule has 0 bridgehead atoms. The zero-order valence-electron chi connectivity index (χ0n) is 2.73. The molecule has 4 heavy (non-hydrogen) atoms. The van der Waals surface area contributed by atoms with Crippen LogP contribution in [0.25, 0.3) is 0 Å². The summed E-state index contributed by atoms with van der Waals surface area (Å²) in [7, 11) is 9.78. The van der Waals surface area contributed by atoms with Gasteiger partial charge in [-0.05, 0) is 0 Å². The van der Waals surface area contributed by atoms with Gasteiger partial charge >= 0.3 is 0 Å². The summed E-state index contributed by atoms with van der Waals surface area (Å²) in [6.45, 7) is 1.56. The van der Waals surface area contributed by atoms with Gasteiger partial charge in [0.15, 0.2) is 0 Å². The Morgan fingerprint density at radius 1 is 1.50 bits per heavy atom. The third-order valence-corrected chi connectivity index (χ3v) is 0. The Kier molecular flexibility index (Phi) is 1.58. The molecule has 0 aliphatic heterocycles. The summed E-state index contributed by atoms with van der Waals surface area (Å²) in [5.74, 6) is 0. The molecule has 0 aromatic heterocycles. The predicted molar refractivity (Wildman–Crippen MR) is 23.1 cm³/mol. The van der Waals surface area contributed by atoms with Crippen molar-refractivity contribution in [3.8, 4) is 0 Å². The van der Waals surface area contributed by atoms with Gasteiger partial charge in [0.1, 0.15) is 0 Å². The molecule has 0 nitrogen and oxygen atoms in total. The summed E-state index contributed by atoms with van der Waals surface area (Å²) in [4.78, 5) is 0. The first-order valence-electron chi connectivity index (χ1n) is 1.24. The maximum Gasteiger partial charge on any atom is 0.0414 e. The van der Waals surface area contributed by atoms with Crippen molar-refractivity contribution in [3.63, 3.8) is 0 Å². The lowest BCUT2D eigenvalue weighted by molar-refractivity contribution is 2.34. The largest absolute Gasteiger partial charge is 0.101 e. The average Bonchev–Trinajstić information content (AvgIpc) is 0.811. The van der Waals surface area contributed by atoms with Crippen LogP contribution in [0.15, 0.2) is 0 Å². The van der Waals surface area contributed by atoms with Crippen LogP contribution in [0.3, 0.4) is 0 Å². The zero-order chi connectivity index (χ0) is 3.58. The summed E-state index contributed by atoms with van der Waals surface area (Å²) in [6, 6.07) is 0. The highest BCUT2D eigenvalue weighted by atomic mass is 12.9. The van der Waals surface area contributed by atoms with Crippen LogP contribution in [-0.2, 0) is 0 Å². The summed E-state index contributed by atoms with van der Waals surface area (Å²) < 4.78 is 0. The van der Waals surface area contributed by atoms with Gasteiger partial charge in [-0.25, -0.2) is 0 Å². The van der Waals surface area contributed by atoms with E-state index < -0.39 is 0 Å². The van der Waals surface area contributed by atoms with Crippen LogP contribution < -0.4 is 0 Å². The molecule has 0 aromatic carbocycles. The quantitative estimate of drug-likeness (QED) is 0.321. The first-order valence-corrected chi connectivity index (χ1v) is 1.24. The first-order chi connectivity index (χ1) is 1.73. The van der Waals surface area contributed by atoms with Crippen molar-refractivity contribution in [1.82, 2.24) is 0 Å². The second-order valence-corrected chi connectivity index (χ2v) is 0.859. The molecule has 0 N–H and O–H groups in total. The van der Waals surface area contributed by atoms with E-state index in [0.717, 1.165) is 0 Å². The summed E-state index contributed by atoms with van der Waals surface area (Å²) in [6.07, 6.45) is 0. The third kappa shape index (κ3) is 82.6. The molecule has 0 saturated carbocycles. The maximum atomic E-state index is 4.89. The first kappa shape index (κ1) is 4.19. The zero-order valence-corrected chi connectivity index (χ0v) is 2.73. The van der Waals surface area contributed by atoms with E-state index in [4.69, 9.17) is 15.5 Å². The number of hydrogen-bond acceptors (Lipinski definition) is 0. The highest BCUT2D eigenvalue weighted by Crippen LogP contribution is 1.48. The Morgan fingerprint density at radius 2 is 1.50 bits per heavy atom. The molecule has 0 aromatic rings. The van der Waals surface area contributed by atoms with E-state index in [9.17, 15) is 0 Å². The number of hydrogen-bond donors (Lipinski definition) is 0. The standard InChI is InChI=1S/CH3B3/c1-4(2)3/h1H3. The Bertz CT molecular complexity index is 8.00. The van der Waals surface area contributed by atoms with Crippen LogP contribution in [0, 0.1) is 0 Å². The Balaban J connectivity index is 2.32. The molecule has 3 heteroatoms. The van der Waals surface area contributed by atoms with E-state index in [2.05, 4.69) is 0 Å². The molecule has 0 saturated heterocycles. The summed E-state index contributed by atoms with van der Waals surface area (Å²) in [5, 5.41) is 0. The molecule has 0 fully saturated rings. The van der Waals surface area contributed by atoms with Gasteiger partial charge in [0.25, 0.3) is 0 Å². The van der Waals surface area contributed by atoms with Gasteiger partial charge in [0.2, 0.25) is 0 Å². The van der Waals surface area contributed by atoms with Crippen molar-refractivity contribution in [2.45, 2.75) is 6.82 Å². The third-order valence-electron chi connectivity index (χ3n) is 0. The lowest BCUT2D eigenvalue weighted by Crippen LogP contribution is -2.03. The van der Waals surface area contributed by atoms with Crippen molar-refractivity contribution < 1.29 is 0 Å². The minimum Gasteiger partial charge on any atom is -0.101 e. The second-order valence-electron chi connectivity index (χ2n) is 0.859. The van der Waals surface area contributed by atoms with Crippen molar-refractivity contribution in [2.24, 2.45) is 0 Å². The van der Waals surface area contributed by atoms with Gasteiger partial charge in [-0.15, -0.1) is 6.82 Å². The maximum absolute atomic E-state index is 4.89. The topological polar surface area (TPSA) is 0 Å². The van der Waals surface area contributed by atoms with Crippen LogP contribution in [0.1, 0.15) is 0 Å². The molecule has 0 atom stereocenters. The average molecular weight is 47.5 g/mol. The minimum absolute atomic E-state index is 0.167. The Hall–Kier alpha value is 0.195. The van der Waals surface area contributed by atoms with Crippen molar-refractivity contribution in [1.29, 1.82) is 0 Å². The van der Waals surface area contributed by atoms with Gasteiger partial charge in [-0.2, -0.15) is 0 Å². The SMILES string of the molecule is [B]B([B])C. The lowest BCUT2D eigenvalue weighted by Gasteiger charge is -1.72. The highest BCUT2D eigenvalue weighted by Gasteiger charge is 1.74. The molecular formula is CH3B3. The van der Waals surface area contributed by atoms with Gasteiger partial charge in [0, 0.05) is 22.0 Å². The van der Waals surface area contributed by atoms with Gasteiger partial charge < -0.3 is 0 Å². The Labute approximate surface area is 29.8 Å². The molecule has 0 unspecified atom stereocenters. The van der Waals surface area contributed by atoms with Gasteiger partial charge in [-0.1, -0.05) is 0 Å². The minimum atomic E-state index is -0.167. The van der Waals surface area contributed by atoms with Crippen molar-refractivity contribution >= 4 is 22.0 Å². The van der Waals surface area contributed by atoms with E-state index in [-0.39, 0.29) is 6.49 Å². The molecule has 0 spiro atoms. The van der Waals surface area contributed by atoms with Crippen LogP contribution >= 0.6 is 0 Å². The van der Waals surface area contributed by atoms with Gasteiger partial charge in [-0.3, -0.25) is 0 Å². The van der Waals surface area contributed by atoms with E-state index in [0.29, 0.717) is 0 Å². The lowest BCUT2D eigenvalue weighted by atomic mass is 9.21. The van der Waals surface area contributed by atoms with E-state index in [1.165, 1.54) is 0 Å². The second kappa shape index (κ2) is 1.51. The monoisotopic (exact) mass is 48.1 g/mol. The molecule has 0 heterocycles. The van der Waals surface area contributed by atoms with E-state index in [1.807, 2.05) is 0 Å². The van der Waals surface area contributed by atoms with Crippen LogP contribution in [0.5, 0.6) is 0 Å². The number of rotatable bonds is 0. The smallest absolute Gasteiger partial charge is 0.0414 e. The summed E-state index contributed by atoms with van der Waals surface area (Å²) in [5.41, 5.74) is 0. The highest BCUT2D eigenvalue weighted by molar-refractivity contribution is 7.28. The van der Waals surface area contributed by atoms with E-state index in [1.54, 1.807) is 6.82 Å². The van der Waals surface area contributed by atoms with Gasteiger partial charge in [0.05, 0.1) is 0 Å². The van der Waals surface area contributed by atoms with Crippen molar-refractivity contribution in [2.75, 3.05) is 0 Å². The van der Waals surface area contributed by atoms with E-state index >= 15 is 0 Å². The molecule has 4 radical (unpaired) electrons. The molecule has 0 rings (SSSR count). The Morgan fingerprint density at radius 3 is 1.50 bits per heavy atom. The van der Waals surface area contributed by atoms with Crippen LogP contribution in [0.2, 0.25) is 6.82 Å². The molecule has 0 aliphatic carbocycles. The normalized spacial score (nSPS) is 6.25. The predicted octanol–water partition coefficient (Wildman–Crippen LogP) is -0.559. The molecule has 16 valence electrons. The fourth-order valence-corrected chi connectivity index (χ4v) is 0. The van der Waals surface area contributed by atoms with Crippen LogP contribution in [0.4, 0.5) is 0 Å².